The highest BCUT2D eigenvalue weighted by atomic mass is 32.1. The van der Waals surface area contributed by atoms with Crippen LogP contribution >= 0.6 is 11.3 Å². The maximum absolute atomic E-state index is 11.6. The average molecular weight is 310 g/mol. The highest BCUT2D eigenvalue weighted by Crippen LogP contribution is 2.37. The Hall–Kier alpha value is -2.60. The highest BCUT2D eigenvalue weighted by molar-refractivity contribution is 7.19. The summed E-state index contributed by atoms with van der Waals surface area (Å²) in [7, 11) is 0. The van der Waals surface area contributed by atoms with Crippen molar-refractivity contribution < 1.29 is 4.79 Å². The number of rotatable bonds is 4. The molecule has 0 radical (unpaired) electrons. The first kappa shape index (κ1) is 14.3. The summed E-state index contributed by atoms with van der Waals surface area (Å²) in [5.41, 5.74) is 2.53. The third-order valence-electron chi connectivity index (χ3n) is 3.04. The van der Waals surface area contributed by atoms with E-state index in [0.717, 1.165) is 21.8 Å². The summed E-state index contributed by atoms with van der Waals surface area (Å²) >= 11 is 1.41. The first-order valence-corrected chi connectivity index (χ1v) is 7.72. The number of anilines is 1. The van der Waals surface area contributed by atoms with Gasteiger partial charge >= 0.3 is 0 Å². The molecule has 2 heterocycles. The van der Waals surface area contributed by atoms with E-state index in [1.807, 2.05) is 37.3 Å². The summed E-state index contributed by atoms with van der Waals surface area (Å²) in [5, 5.41) is 3.39. The maximum Gasteiger partial charge on any atom is 0.225 e. The predicted molar refractivity (Wildman–Crippen MR) is 87.5 cm³/mol. The van der Waals surface area contributed by atoms with Gasteiger partial charge in [-0.3, -0.25) is 14.8 Å². The van der Waals surface area contributed by atoms with Crippen LogP contribution in [0.25, 0.3) is 21.8 Å². The second-order valence-corrected chi connectivity index (χ2v) is 5.55. The van der Waals surface area contributed by atoms with Gasteiger partial charge < -0.3 is 5.32 Å². The molecule has 0 saturated heterocycles. The minimum Gasteiger partial charge on any atom is -0.302 e. The largest absolute Gasteiger partial charge is 0.302 e. The van der Waals surface area contributed by atoms with Gasteiger partial charge in [-0.05, 0) is 0 Å². The van der Waals surface area contributed by atoms with Gasteiger partial charge in [0.05, 0.1) is 16.8 Å². The molecule has 0 atom stereocenters. The number of benzene rings is 1. The molecule has 6 heteroatoms. The predicted octanol–water partition coefficient (Wildman–Crippen LogP) is 3.62. The molecule has 2 aromatic heterocycles. The van der Waals surface area contributed by atoms with Crippen LogP contribution in [0.2, 0.25) is 0 Å². The van der Waals surface area contributed by atoms with Gasteiger partial charge in [-0.1, -0.05) is 48.6 Å². The van der Waals surface area contributed by atoms with Gasteiger partial charge in [0.1, 0.15) is 5.69 Å². The molecule has 0 fully saturated rings. The zero-order chi connectivity index (χ0) is 15.4. The average Bonchev–Trinajstić information content (AvgIpc) is 3.00. The van der Waals surface area contributed by atoms with Crippen molar-refractivity contribution in [2.75, 3.05) is 5.32 Å². The number of carbonyl (C=O) groups excluding carboxylic acids is 1. The molecular formula is C16H14N4OS. The van der Waals surface area contributed by atoms with Crippen LogP contribution in [0.15, 0.2) is 48.9 Å². The molecule has 1 N–H and O–H groups in total. The van der Waals surface area contributed by atoms with Crippen LogP contribution in [0.3, 0.4) is 0 Å². The van der Waals surface area contributed by atoms with Crippen LogP contribution in [0, 0.1) is 0 Å². The Labute approximate surface area is 132 Å². The Kier molecular flexibility index (Phi) is 4.20. The zero-order valence-electron chi connectivity index (χ0n) is 12.0. The molecule has 22 heavy (non-hydrogen) atoms. The van der Waals surface area contributed by atoms with E-state index in [4.69, 9.17) is 0 Å². The van der Waals surface area contributed by atoms with Crippen molar-refractivity contribution in [1.82, 2.24) is 15.0 Å². The third kappa shape index (κ3) is 3.01. The SMILES string of the molecule is CCC(=O)Nc1nc(-c2ccccc2)c(-c2cnccn2)s1. The Morgan fingerprint density at radius 2 is 2.05 bits per heavy atom. The van der Waals surface area contributed by atoms with Crippen LogP contribution in [-0.4, -0.2) is 20.9 Å². The normalized spacial score (nSPS) is 10.4. The molecule has 0 saturated carbocycles. The number of nitrogens with zero attached hydrogens (tertiary/aromatic N) is 3. The number of aromatic nitrogens is 3. The number of thiazole rings is 1. The molecule has 110 valence electrons. The van der Waals surface area contributed by atoms with Crippen molar-refractivity contribution in [1.29, 1.82) is 0 Å². The summed E-state index contributed by atoms with van der Waals surface area (Å²) in [4.78, 5) is 25.5. The van der Waals surface area contributed by atoms with Crippen LogP contribution in [0.4, 0.5) is 5.13 Å². The second-order valence-electron chi connectivity index (χ2n) is 4.56. The monoisotopic (exact) mass is 310 g/mol. The van der Waals surface area contributed by atoms with Gasteiger partial charge in [0.15, 0.2) is 5.13 Å². The second kappa shape index (κ2) is 6.44. The van der Waals surface area contributed by atoms with Gasteiger partial charge in [0.2, 0.25) is 5.91 Å². The minimum atomic E-state index is -0.0564. The van der Waals surface area contributed by atoms with E-state index in [9.17, 15) is 4.79 Å². The van der Waals surface area contributed by atoms with Gasteiger partial charge in [-0.15, -0.1) is 0 Å². The summed E-state index contributed by atoms with van der Waals surface area (Å²) in [6.45, 7) is 1.81. The first-order valence-electron chi connectivity index (χ1n) is 6.90. The lowest BCUT2D eigenvalue weighted by atomic mass is 10.1. The lowest BCUT2D eigenvalue weighted by Gasteiger charge is -2.00. The van der Waals surface area contributed by atoms with E-state index in [-0.39, 0.29) is 5.91 Å². The molecule has 5 nitrogen and oxygen atoms in total. The fourth-order valence-corrected chi connectivity index (χ4v) is 2.93. The van der Waals surface area contributed by atoms with Crippen molar-refractivity contribution in [2.45, 2.75) is 13.3 Å². The fourth-order valence-electron chi connectivity index (χ4n) is 1.96. The van der Waals surface area contributed by atoms with E-state index in [1.54, 1.807) is 18.6 Å². The smallest absolute Gasteiger partial charge is 0.225 e. The van der Waals surface area contributed by atoms with Gasteiger partial charge in [-0.25, -0.2) is 4.98 Å². The maximum atomic E-state index is 11.6. The quantitative estimate of drug-likeness (QED) is 0.799. The summed E-state index contributed by atoms with van der Waals surface area (Å²) < 4.78 is 0. The van der Waals surface area contributed by atoms with E-state index in [1.165, 1.54) is 11.3 Å². The standard InChI is InChI=1S/C16H14N4OS/c1-2-13(21)19-16-20-14(11-6-4-3-5-7-11)15(22-16)12-10-17-8-9-18-12/h3-10H,2H2,1H3,(H,19,20,21). The van der Waals surface area contributed by atoms with Gasteiger partial charge in [-0.2, -0.15) is 0 Å². The van der Waals surface area contributed by atoms with Crippen LogP contribution < -0.4 is 5.32 Å². The molecule has 3 aromatic rings. The lowest BCUT2D eigenvalue weighted by molar-refractivity contribution is -0.115. The van der Waals surface area contributed by atoms with Crippen molar-refractivity contribution in [3.05, 3.63) is 48.9 Å². The molecule has 0 unspecified atom stereocenters. The Morgan fingerprint density at radius 1 is 1.23 bits per heavy atom. The summed E-state index contributed by atoms with van der Waals surface area (Å²) in [6.07, 6.45) is 5.40. The fraction of sp³-hybridized carbons (Fsp3) is 0.125. The van der Waals surface area contributed by atoms with Crippen molar-refractivity contribution in [3.63, 3.8) is 0 Å². The van der Waals surface area contributed by atoms with E-state index in [2.05, 4.69) is 20.3 Å². The van der Waals surface area contributed by atoms with Crippen molar-refractivity contribution in [2.24, 2.45) is 0 Å². The topological polar surface area (TPSA) is 67.8 Å². The van der Waals surface area contributed by atoms with E-state index < -0.39 is 0 Å². The zero-order valence-corrected chi connectivity index (χ0v) is 12.8. The highest BCUT2D eigenvalue weighted by Gasteiger charge is 2.16. The lowest BCUT2D eigenvalue weighted by Crippen LogP contribution is -2.08. The first-order chi connectivity index (χ1) is 10.8. The molecule has 1 aromatic carbocycles. The molecule has 0 aliphatic rings. The summed E-state index contributed by atoms with van der Waals surface area (Å²) in [5.74, 6) is -0.0564. The van der Waals surface area contributed by atoms with Gasteiger partial charge in [0.25, 0.3) is 0 Å². The summed E-state index contributed by atoms with van der Waals surface area (Å²) in [6, 6.07) is 9.84. The molecule has 3 rings (SSSR count). The van der Waals surface area contributed by atoms with Crippen LogP contribution in [-0.2, 0) is 4.79 Å². The molecule has 0 aliphatic heterocycles. The molecule has 1 amide bonds. The Balaban J connectivity index is 2.08. The van der Waals surface area contributed by atoms with E-state index in [0.29, 0.717) is 11.6 Å². The molecule has 0 spiro atoms. The van der Waals surface area contributed by atoms with Crippen LogP contribution in [0.1, 0.15) is 13.3 Å². The molecular weight excluding hydrogens is 296 g/mol. The number of nitrogens with one attached hydrogen (secondary N) is 1. The minimum absolute atomic E-state index is 0.0564. The number of hydrogen-bond acceptors (Lipinski definition) is 5. The van der Waals surface area contributed by atoms with Crippen LogP contribution in [0.5, 0.6) is 0 Å². The van der Waals surface area contributed by atoms with Crippen molar-refractivity contribution >= 4 is 22.4 Å². The Morgan fingerprint density at radius 3 is 2.73 bits per heavy atom. The van der Waals surface area contributed by atoms with E-state index >= 15 is 0 Å². The number of hydrogen-bond donors (Lipinski definition) is 1. The Bertz CT molecular complexity index is 714. The number of amides is 1. The number of carbonyl (C=O) groups is 1. The van der Waals surface area contributed by atoms with Crippen molar-refractivity contribution in [3.8, 4) is 21.8 Å². The molecule has 0 bridgehead atoms. The van der Waals surface area contributed by atoms with Gasteiger partial charge in [0, 0.05) is 24.4 Å². The third-order valence-corrected chi connectivity index (χ3v) is 4.03. The molecule has 0 aliphatic carbocycles.